The third-order valence-corrected chi connectivity index (χ3v) is 1.20. The topological polar surface area (TPSA) is 52.6 Å². The molecule has 0 heterocycles. The van der Waals surface area contributed by atoms with Crippen molar-refractivity contribution in [1.29, 1.82) is 0 Å². The maximum atomic E-state index is 11.7. The summed E-state index contributed by atoms with van der Waals surface area (Å²) in [5, 5.41) is 0. The lowest BCUT2D eigenvalue weighted by Gasteiger charge is -2.01. The number of halogens is 2. The number of benzene rings is 1. The Morgan fingerprint density at radius 2 is 1.43 bits per heavy atom. The zero-order chi connectivity index (χ0) is 10.6. The first kappa shape index (κ1) is 10.1. The number of carbonyl (C=O) groups excluding carboxylic acids is 2. The van der Waals surface area contributed by atoms with Crippen LogP contribution in [0.25, 0.3) is 0 Å². The van der Waals surface area contributed by atoms with Crippen molar-refractivity contribution in [3.63, 3.8) is 0 Å². The third kappa shape index (κ3) is 3.18. The number of rotatable bonds is 2. The van der Waals surface area contributed by atoms with Crippen molar-refractivity contribution in [2.75, 3.05) is 0 Å². The molecule has 0 spiro atoms. The molecule has 0 unspecified atom stereocenters. The molecule has 14 heavy (non-hydrogen) atoms. The first-order valence-electron chi connectivity index (χ1n) is 3.42. The molecule has 6 heteroatoms. The fourth-order valence-electron chi connectivity index (χ4n) is 0.787. The molecule has 0 saturated carbocycles. The van der Waals surface area contributed by atoms with E-state index in [-0.39, 0.29) is 11.5 Å². The van der Waals surface area contributed by atoms with Crippen LogP contribution in [0.3, 0.4) is 0 Å². The zero-order valence-corrected chi connectivity index (χ0v) is 6.70. The second kappa shape index (κ2) is 4.31. The molecule has 0 aromatic heterocycles. The third-order valence-electron chi connectivity index (χ3n) is 1.20. The number of ether oxygens (including phenoxy) is 2. The van der Waals surface area contributed by atoms with Gasteiger partial charge >= 0.3 is 12.4 Å². The van der Waals surface area contributed by atoms with Crippen LogP contribution < -0.4 is 9.47 Å². The van der Waals surface area contributed by atoms with E-state index in [1.807, 2.05) is 0 Å². The first-order valence-corrected chi connectivity index (χ1v) is 3.42. The van der Waals surface area contributed by atoms with E-state index in [4.69, 9.17) is 0 Å². The highest BCUT2D eigenvalue weighted by atomic mass is 19.2. The Labute approximate surface area is 77.0 Å². The second-order valence-corrected chi connectivity index (χ2v) is 2.15. The van der Waals surface area contributed by atoms with E-state index in [0.717, 1.165) is 6.07 Å². The Kier molecular flexibility index (Phi) is 3.11. The molecule has 0 aliphatic rings. The molecule has 0 radical (unpaired) electrons. The van der Waals surface area contributed by atoms with E-state index in [0.29, 0.717) is 0 Å². The lowest BCUT2D eigenvalue weighted by Crippen LogP contribution is -2.00. The molecule has 1 rings (SSSR count). The normalized spacial score (nSPS) is 9.29. The molecule has 0 amide bonds. The standard InChI is InChI=1S/C8H4F2O4/c9-7(11)13-5-2-1-3-6(4-5)14-8(10)12/h1-4H. The van der Waals surface area contributed by atoms with Crippen LogP contribution in [0.4, 0.5) is 18.4 Å². The van der Waals surface area contributed by atoms with Crippen molar-refractivity contribution < 1.29 is 27.8 Å². The summed E-state index contributed by atoms with van der Waals surface area (Å²) in [4.78, 5) is 19.8. The van der Waals surface area contributed by atoms with Gasteiger partial charge in [0.15, 0.2) is 0 Å². The molecule has 0 bridgehead atoms. The molecule has 0 aliphatic heterocycles. The van der Waals surface area contributed by atoms with Crippen molar-refractivity contribution in [1.82, 2.24) is 0 Å². The predicted molar refractivity (Wildman–Crippen MR) is 40.7 cm³/mol. The van der Waals surface area contributed by atoms with E-state index < -0.39 is 12.4 Å². The number of hydrogen-bond donors (Lipinski definition) is 0. The smallest absolute Gasteiger partial charge is 0.401 e. The van der Waals surface area contributed by atoms with Gasteiger partial charge in [0.05, 0.1) is 0 Å². The molecule has 1 aromatic rings. The molecule has 0 saturated heterocycles. The number of carbonyl (C=O) groups is 2. The molecule has 74 valence electrons. The van der Waals surface area contributed by atoms with Crippen LogP contribution in [0.2, 0.25) is 0 Å². The van der Waals surface area contributed by atoms with Crippen molar-refractivity contribution in [2.45, 2.75) is 0 Å². The lowest BCUT2D eigenvalue weighted by molar-refractivity contribution is 0.174. The quantitative estimate of drug-likeness (QED) is 0.691. The second-order valence-electron chi connectivity index (χ2n) is 2.15. The maximum absolute atomic E-state index is 11.7. The van der Waals surface area contributed by atoms with Gasteiger partial charge in [0.2, 0.25) is 0 Å². The first-order chi connectivity index (χ1) is 6.58. The predicted octanol–water partition coefficient (Wildman–Crippen LogP) is 2.62. The lowest BCUT2D eigenvalue weighted by atomic mass is 10.3. The molecule has 1 aromatic carbocycles. The Balaban J connectivity index is 2.78. The Hall–Kier alpha value is -1.98. The number of hydrogen-bond acceptors (Lipinski definition) is 4. The summed E-state index contributed by atoms with van der Waals surface area (Å²) in [5.41, 5.74) is 0. The summed E-state index contributed by atoms with van der Waals surface area (Å²) in [7, 11) is 0. The van der Waals surface area contributed by atoms with Gasteiger partial charge in [0.25, 0.3) is 0 Å². The summed E-state index contributed by atoms with van der Waals surface area (Å²) in [5.74, 6) is -0.368. The van der Waals surface area contributed by atoms with Crippen LogP contribution >= 0.6 is 0 Å². The maximum Gasteiger partial charge on any atom is 0.500 e. The molecule has 4 nitrogen and oxygen atoms in total. The van der Waals surface area contributed by atoms with Gasteiger partial charge in [-0.3, -0.25) is 0 Å². The minimum absolute atomic E-state index is 0.184. The van der Waals surface area contributed by atoms with Gasteiger partial charge in [-0.2, -0.15) is 0 Å². The van der Waals surface area contributed by atoms with Gasteiger partial charge in [-0.15, -0.1) is 8.78 Å². The summed E-state index contributed by atoms with van der Waals surface area (Å²) in [6, 6.07) is 4.78. The minimum atomic E-state index is -2.01. The molecular formula is C8H4F2O4. The van der Waals surface area contributed by atoms with Gasteiger partial charge < -0.3 is 9.47 Å². The van der Waals surface area contributed by atoms with Crippen molar-refractivity contribution in [2.24, 2.45) is 0 Å². The fraction of sp³-hybridized carbons (Fsp3) is 0. The van der Waals surface area contributed by atoms with E-state index in [9.17, 15) is 18.4 Å². The van der Waals surface area contributed by atoms with Crippen LogP contribution in [-0.4, -0.2) is 12.4 Å². The van der Waals surface area contributed by atoms with Crippen LogP contribution in [0.15, 0.2) is 24.3 Å². The summed E-state index contributed by atoms with van der Waals surface area (Å²) >= 11 is 0. The van der Waals surface area contributed by atoms with Crippen molar-refractivity contribution >= 4 is 12.4 Å². The van der Waals surface area contributed by atoms with E-state index in [2.05, 4.69) is 9.47 Å². The van der Waals surface area contributed by atoms with E-state index >= 15 is 0 Å². The highest BCUT2D eigenvalue weighted by Crippen LogP contribution is 2.20. The zero-order valence-electron chi connectivity index (χ0n) is 6.70. The Bertz CT molecular complexity index is 333. The Morgan fingerprint density at radius 3 is 1.79 bits per heavy atom. The van der Waals surface area contributed by atoms with Gasteiger partial charge in [-0.25, -0.2) is 9.59 Å². The summed E-state index contributed by atoms with van der Waals surface area (Å²) < 4.78 is 31.5. The van der Waals surface area contributed by atoms with Crippen LogP contribution in [0, 0.1) is 0 Å². The highest BCUT2D eigenvalue weighted by Gasteiger charge is 2.05. The average Bonchev–Trinajstić information content (AvgIpc) is 2.01. The van der Waals surface area contributed by atoms with Crippen LogP contribution in [0.1, 0.15) is 0 Å². The van der Waals surface area contributed by atoms with Crippen LogP contribution in [-0.2, 0) is 0 Å². The van der Waals surface area contributed by atoms with Gasteiger partial charge in [0.1, 0.15) is 11.5 Å². The molecule has 0 aliphatic carbocycles. The van der Waals surface area contributed by atoms with Gasteiger partial charge in [-0.1, -0.05) is 6.07 Å². The monoisotopic (exact) mass is 202 g/mol. The van der Waals surface area contributed by atoms with Crippen molar-refractivity contribution in [3.05, 3.63) is 24.3 Å². The summed E-state index contributed by atoms with van der Waals surface area (Å²) in [6.45, 7) is 0. The van der Waals surface area contributed by atoms with Crippen molar-refractivity contribution in [3.8, 4) is 11.5 Å². The largest absolute Gasteiger partial charge is 0.500 e. The molecular weight excluding hydrogens is 198 g/mol. The SMILES string of the molecule is O=C(F)Oc1cccc(OC(=O)F)c1. The Morgan fingerprint density at radius 1 is 1.00 bits per heavy atom. The highest BCUT2D eigenvalue weighted by molar-refractivity contribution is 5.64. The molecule has 0 atom stereocenters. The molecule has 0 fully saturated rings. The average molecular weight is 202 g/mol. The fourth-order valence-corrected chi connectivity index (χ4v) is 0.787. The molecule has 0 N–H and O–H groups in total. The van der Waals surface area contributed by atoms with Crippen LogP contribution in [0.5, 0.6) is 11.5 Å². The minimum Gasteiger partial charge on any atom is -0.401 e. The van der Waals surface area contributed by atoms with Gasteiger partial charge in [0, 0.05) is 6.07 Å². The summed E-state index contributed by atoms with van der Waals surface area (Å²) in [6.07, 6.45) is -4.01. The van der Waals surface area contributed by atoms with Gasteiger partial charge in [-0.05, 0) is 12.1 Å². The van der Waals surface area contributed by atoms with E-state index in [1.54, 1.807) is 0 Å². The van der Waals surface area contributed by atoms with E-state index in [1.165, 1.54) is 18.2 Å².